The molecule has 0 aromatic carbocycles. The smallest absolute Gasteiger partial charge is 0.0933 e. The van der Waals surface area contributed by atoms with Crippen molar-refractivity contribution in [3.63, 3.8) is 0 Å². The number of methoxy groups -OCH3 is 2. The second-order valence-corrected chi connectivity index (χ2v) is 3.46. The van der Waals surface area contributed by atoms with Crippen LogP contribution in [0.1, 0.15) is 6.42 Å². The summed E-state index contributed by atoms with van der Waals surface area (Å²) in [6.45, 7) is 4.07. The van der Waals surface area contributed by atoms with Crippen molar-refractivity contribution in [1.29, 1.82) is 0 Å². The van der Waals surface area contributed by atoms with Crippen molar-refractivity contribution in [2.75, 3.05) is 60.8 Å². The summed E-state index contributed by atoms with van der Waals surface area (Å²) in [5.41, 5.74) is 0. The van der Waals surface area contributed by atoms with Crippen LogP contribution in [0.2, 0.25) is 0 Å². The summed E-state index contributed by atoms with van der Waals surface area (Å²) in [5.74, 6) is 0. The van der Waals surface area contributed by atoms with E-state index in [0.717, 1.165) is 26.2 Å². The largest absolute Gasteiger partial charge is 0.385 e. The van der Waals surface area contributed by atoms with E-state index in [2.05, 4.69) is 5.32 Å². The minimum absolute atomic E-state index is 0.0950. The zero-order chi connectivity index (χ0) is 12.1. The van der Waals surface area contributed by atoms with Crippen molar-refractivity contribution in [1.82, 2.24) is 5.32 Å². The number of rotatable bonds is 12. The molecule has 0 aromatic rings. The maximum absolute atomic E-state index is 5.59. The molecule has 0 aromatic heterocycles. The SMILES string of the molecule is CNCC(COC)OCCOCCCOC. The van der Waals surface area contributed by atoms with Crippen molar-refractivity contribution in [3.05, 3.63) is 0 Å². The van der Waals surface area contributed by atoms with E-state index in [0.29, 0.717) is 19.8 Å². The highest BCUT2D eigenvalue weighted by molar-refractivity contribution is 4.58. The normalized spacial score (nSPS) is 12.9. The third-order valence-corrected chi connectivity index (χ3v) is 2.00. The predicted molar refractivity (Wildman–Crippen MR) is 62.9 cm³/mol. The topological polar surface area (TPSA) is 49.0 Å². The van der Waals surface area contributed by atoms with Gasteiger partial charge >= 0.3 is 0 Å². The van der Waals surface area contributed by atoms with Crippen LogP contribution in [-0.2, 0) is 18.9 Å². The van der Waals surface area contributed by atoms with Crippen LogP contribution in [0.5, 0.6) is 0 Å². The second-order valence-electron chi connectivity index (χ2n) is 3.46. The molecule has 98 valence electrons. The Hall–Kier alpha value is -0.200. The molecule has 0 aliphatic heterocycles. The van der Waals surface area contributed by atoms with E-state index in [1.54, 1.807) is 14.2 Å². The Bertz CT molecular complexity index is 129. The first-order valence-corrected chi connectivity index (χ1v) is 5.67. The van der Waals surface area contributed by atoms with Gasteiger partial charge in [0.15, 0.2) is 0 Å². The maximum atomic E-state index is 5.59. The summed E-state index contributed by atoms with van der Waals surface area (Å²) in [6, 6.07) is 0. The lowest BCUT2D eigenvalue weighted by atomic mass is 10.4. The van der Waals surface area contributed by atoms with Crippen molar-refractivity contribution >= 4 is 0 Å². The van der Waals surface area contributed by atoms with Gasteiger partial charge in [-0.3, -0.25) is 0 Å². The van der Waals surface area contributed by atoms with E-state index in [9.17, 15) is 0 Å². The Morgan fingerprint density at radius 1 is 1.00 bits per heavy atom. The summed E-state index contributed by atoms with van der Waals surface area (Å²) in [5, 5.41) is 3.06. The summed E-state index contributed by atoms with van der Waals surface area (Å²) in [6.07, 6.45) is 1.02. The van der Waals surface area contributed by atoms with Gasteiger partial charge in [0.25, 0.3) is 0 Å². The lowest BCUT2D eigenvalue weighted by Crippen LogP contribution is -2.31. The van der Waals surface area contributed by atoms with Crippen LogP contribution >= 0.6 is 0 Å². The average molecular weight is 235 g/mol. The monoisotopic (exact) mass is 235 g/mol. The highest BCUT2D eigenvalue weighted by Gasteiger charge is 2.06. The van der Waals surface area contributed by atoms with Crippen LogP contribution < -0.4 is 5.32 Å². The van der Waals surface area contributed by atoms with E-state index < -0.39 is 0 Å². The van der Waals surface area contributed by atoms with E-state index in [-0.39, 0.29) is 6.10 Å². The molecule has 0 fully saturated rings. The Labute approximate surface area is 98.4 Å². The lowest BCUT2D eigenvalue weighted by Gasteiger charge is -2.16. The van der Waals surface area contributed by atoms with Crippen LogP contribution in [0.3, 0.4) is 0 Å². The van der Waals surface area contributed by atoms with Gasteiger partial charge in [0.05, 0.1) is 25.9 Å². The molecule has 1 atom stereocenters. The van der Waals surface area contributed by atoms with E-state index >= 15 is 0 Å². The molecule has 5 nitrogen and oxygen atoms in total. The fourth-order valence-corrected chi connectivity index (χ4v) is 1.26. The third-order valence-electron chi connectivity index (χ3n) is 2.00. The Balaban J connectivity index is 3.25. The molecular weight excluding hydrogens is 210 g/mol. The quantitative estimate of drug-likeness (QED) is 0.493. The molecule has 0 aliphatic rings. The van der Waals surface area contributed by atoms with Gasteiger partial charge in [-0.25, -0.2) is 0 Å². The summed E-state index contributed by atoms with van der Waals surface area (Å²) >= 11 is 0. The highest BCUT2D eigenvalue weighted by Crippen LogP contribution is 1.92. The van der Waals surface area contributed by atoms with Crippen molar-refractivity contribution in [2.24, 2.45) is 0 Å². The van der Waals surface area contributed by atoms with Crippen LogP contribution in [0.15, 0.2) is 0 Å². The van der Waals surface area contributed by atoms with Gasteiger partial charge in [0.1, 0.15) is 0 Å². The molecule has 0 rings (SSSR count). The van der Waals surface area contributed by atoms with Crippen LogP contribution in [0, 0.1) is 0 Å². The zero-order valence-corrected chi connectivity index (χ0v) is 10.7. The lowest BCUT2D eigenvalue weighted by molar-refractivity contribution is -0.0281. The van der Waals surface area contributed by atoms with Gasteiger partial charge in [-0.1, -0.05) is 0 Å². The van der Waals surface area contributed by atoms with Gasteiger partial charge in [-0.2, -0.15) is 0 Å². The van der Waals surface area contributed by atoms with Crippen molar-refractivity contribution in [2.45, 2.75) is 12.5 Å². The molecule has 0 radical (unpaired) electrons. The predicted octanol–water partition coefficient (Wildman–Crippen LogP) is 0.291. The molecule has 1 N–H and O–H groups in total. The minimum atomic E-state index is 0.0950. The number of hydrogen-bond acceptors (Lipinski definition) is 5. The molecule has 0 aliphatic carbocycles. The van der Waals surface area contributed by atoms with Gasteiger partial charge < -0.3 is 24.3 Å². The first kappa shape index (κ1) is 15.8. The van der Waals surface area contributed by atoms with Crippen molar-refractivity contribution < 1.29 is 18.9 Å². The van der Waals surface area contributed by atoms with Gasteiger partial charge in [-0.05, 0) is 13.5 Å². The fraction of sp³-hybridized carbons (Fsp3) is 1.00. The van der Waals surface area contributed by atoms with Crippen LogP contribution in [-0.4, -0.2) is 67.0 Å². The zero-order valence-electron chi connectivity index (χ0n) is 10.7. The Morgan fingerprint density at radius 3 is 2.44 bits per heavy atom. The summed E-state index contributed by atoms with van der Waals surface area (Å²) in [7, 11) is 5.26. The average Bonchev–Trinajstić information content (AvgIpc) is 2.28. The molecular formula is C11H25NO4. The van der Waals surface area contributed by atoms with Crippen LogP contribution in [0.25, 0.3) is 0 Å². The highest BCUT2D eigenvalue weighted by atomic mass is 16.5. The van der Waals surface area contributed by atoms with Gasteiger partial charge in [0, 0.05) is 34.0 Å². The molecule has 1 unspecified atom stereocenters. The number of likely N-dealkylation sites (N-methyl/N-ethyl adjacent to an activating group) is 1. The fourth-order valence-electron chi connectivity index (χ4n) is 1.26. The number of ether oxygens (including phenoxy) is 4. The summed E-state index contributed by atoms with van der Waals surface area (Å²) < 4.78 is 20.9. The van der Waals surface area contributed by atoms with E-state index in [1.807, 2.05) is 7.05 Å². The summed E-state index contributed by atoms with van der Waals surface area (Å²) in [4.78, 5) is 0. The Kier molecular flexibility index (Phi) is 12.7. The number of hydrogen-bond donors (Lipinski definition) is 1. The first-order chi connectivity index (χ1) is 7.85. The van der Waals surface area contributed by atoms with Gasteiger partial charge in [0.2, 0.25) is 0 Å². The molecule has 0 amide bonds. The maximum Gasteiger partial charge on any atom is 0.0933 e. The molecule has 5 heteroatoms. The van der Waals surface area contributed by atoms with Gasteiger partial charge in [-0.15, -0.1) is 0 Å². The second kappa shape index (κ2) is 12.9. The van der Waals surface area contributed by atoms with Crippen LogP contribution in [0.4, 0.5) is 0 Å². The molecule has 0 spiro atoms. The molecule has 0 saturated carbocycles. The minimum Gasteiger partial charge on any atom is -0.385 e. The molecule has 0 saturated heterocycles. The Morgan fingerprint density at radius 2 is 1.81 bits per heavy atom. The first-order valence-electron chi connectivity index (χ1n) is 5.67. The molecule has 16 heavy (non-hydrogen) atoms. The standard InChI is InChI=1S/C11H25NO4/c1-12-9-11(10-14-3)16-8-7-15-6-4-5-13-2/h11-12H,4-10H2,1-3H3. The number of nitrogens with one attached hydrogen (secondary N) is 1. The molecule has 0 bridgehead atoms. The third kappa shape index (κ3) is 10.3. The van der Waals surface area contributed by atoms with E-state index in [1.165, 1.54) is 0 Å². The van der Waals surface area contributed by atoms with E-state index in [4.69, 9.17) is 18.9 Å². The molecule has 0 heterocycles. The van der Waals surface area contributed by atoms with Crippen molar-refractivity contribution in [3.8, 4) is 0 Å².